The Bertz CT molecular complexity index is 841. The first-order valence-corrected chi connectivity index (χ1v) is 9.38. The van der Waals surface area contributed by atoms with Gasteiger partial charge in [0.1, 0.15) is 5.92 Å². The molecule has 136 valence electrons. The number of rotatable bonds is 7. The number of fused-ring (bicyclic) bond motifs is 1. The van der Waals surface area contributed by atoms with E-state index in [2.05, 4.69) is 42.7 Å². The van der Waals surface area contributed by atoms with Gasteiger partial charge in [-0.15, -0.1) is 0 Å². The molecule has 0 saturated carbocycles. The van der Waals surface area contributed by atoms with Gasteiger partial charge in [0.05, 0.1) is 6.61 Å². The fraction of sp³-hybridized carbons (Fsp3) is 0.348. The van der Waals surface area contributed by atoms with Crippen molar-refractivity contribution in [1.29, 1.82) is 0 Å². The lowest BCUT2D eigenvalue weighted by Gasteiger charge is -2.19. The van der Waals surface area contributed by atoms with Gasteiger partial charge < -0.3 is 9.30 Å². The summed E-state index contributed by atoms with van der Waals surface area (Å²) in [6.07, 6.45) is 2.57. The molecule has 2 aromatic carbocycles. The second kappa shape index (κ2) is 8.22. The number of para-hydroxylation sites is 1. The zero-order valence-electron chi connectivity index (χ0n) is 15.9. The van der Waals surface area contributed by atoms with Crippen molar-refractivity contribution in [3.05, 3.63) is 71.4 Å². The second-order valence-corrected chi connectivity index (χ2v) is 6.85. The van der Waals surface area contributed by atoms with Gasteiger partial charge in [0.2, 0.25) is 0 Å². The van der Waals surface area contributed by atoms with Gasteiger partial charge in [0.25, 0.3) is 0 Å². The minimum atomic E-state index is -0.299. The number of hydrogen-bond donors (Lipinski definition) is 0. The van der Waals surface area contributed by atoms with Gasteiger partial charge in [-0.05, 0) is 37.0 Å². The first-order valence-electron chi connectivity index (χ1n) is 9.38. The van der Waals surface area contributed by atoms with Crippen LogP contribution in [0.5, 0.6) is 0 Å². The molecule has 0 aliphatic carbocycles. The number of nitrogens with zero attached hydrogens (tertiary/aromatic N) is 1. The molecule has 0 aliphatic rings. The lowest BCUT2D eigenvalue weighted by molar-refractivity contribution is -0.145. The molecule has 0 radical (unpaired) electrons. The topological polar surface area (TPSA) is 31.2 Å². The van der Waals surface area contributed by atoms with E-state index in [4.69, 9.17) is 4.74 Å². The lowest BCUT2D eigenvalue weighted by atomic mass is 9.93. The zero-order chi connectivity index (χ0) is 18.5. The summed E-state index contributed by atoms with van der Waals surface area (Å²) in [7, 11) is 2.04. The lowest BCUT2D eigenvalue weighted by Crippen LogP contribution is -2.22. The van der Waals surface area contributed by atoms with E-state index in [9.17, 15) is 4.79 Å². The largest absolute Gasteiger partial charge is 0.465 e. The van der Waals surface area contributed by atoms with Crippen LogP contribution in [-0.2, 0) is 23.0 Å². The normalized spacial score (nSPS) is 12.3. The van der Waals surface area contributed by atoms with Crippen molar-refractivity contribution < 1.29 is 9.53 Å². The van der Waals surface area contributed by atoms with Crippen LogP contribution in [0.25, 0.3) is 10.9 Å². The third-order valence-corrected chi connectivity index (χ3v) is 5.05. The van der Waals surface area contributed by atoms with Gasteiger partial charge in [-0.3, -0.25) is 4.79 Å². The summed E-state index contributed by atoms with van der Waals surface area (Å²) >= 11 is 0. The van der Waals surface area contributed by atoms with Crippen molar-refractivity contribution in [2.45, 2.75) is 39.0 Å². The predicted molar refractivity (Wildman–Crippen MR) is 106 cm³/mol. The number of ether oxygens (including phenoxy) is 1. The maximum atomic E-state index is 13.0. The van der Waals surface area contributed by atoms with Crippen molar-refractivity contribution in [3.63, 3.8) is 0 Å². The Morgan fingerprint density at radius 3 is 2.46 bits per heavy atom. The van der Waals surface area contributed by atoms with Gasteiger partial charge >= 0.3 is 5.97 Å². The summed E-state index contributed by atoms with van der Waals surface area (Å²) in [5, 5.41) is 1.20. The van der Waals surface area contributed by atoms with E-state index in [0.29, 0.717) is 13.0 Å². The smallest absolute Gasteiger partial charge is 0.315 e. The van der Waals surface area contributed by atoms with Gasteiger partial charge in [-0.25, -0.2) is 0 Å². The highest BCUT2D eigenvalue weighted by Gasteiger charge is 2.28. The molecule has 3 rings (SSSR count). The monoisotopic (exact) mass is 349 g/mol. The molecular formula is C23H27NO2. The molecule has 1 unspecified atom stereocenters. The maximum absolute atomic E-state index is 13.0. The van der Waals surface area contributed by atoms with E-state index >= 15 is 0 Å². The minimum absolute atomic E-state index is 0.128. The third kappa shape index (κ3) is 3.67. The number of aromatic nitrogens is 1. The molecule has 3 nitrogen and oxygen atoms in total. The second-order valence-electron chi connectivity index (χ2n) is 6.85. The zero-order valence-corrected chi connectivity index (χ0v) is 15.9. The fourth-order valence-corrected chi connectivity index (χ4v) is 3.66. The minimum Gasteiger partial charge on any atom is -0.465 e. The van der Waals surface area contributed by atoms with Crippen molar-refractivity contribution in [2.75, 3.05) is 6.61 Å². The van der Waals surface area contributed by atoms with E-state index in [1.54, 1.807) is 0 Å². The molecule has 0 fully saturated rings. The molecule has 3 heteroatoms. The van der Waals surface area contributed by atoms with Crippen LogP contribution >= 0.6 is 0 Å². The number of esters is 1. The summed E-state index contributed by atoms with van der Waals surface area (Å²) < 4.78 is 7.78. The molecule has 0 N–H and O–H groups in total. The van der Waals surface area contributed by atoms with Crippen molar-refractivity contribution in [3.8, 4) is 0 Å². The van der Waals surface area contributed by atoms with Gasteiger partial charge in [0.15, 0.2) is 0 Å². The van der Waals surface area contributed by atoms with Gasteiger partial charge in [-0.1, -0.05) is 61.9 Å². The summed E-state index contributed by atoms with van der Waals surface area (Å²) in [4.78, 5) is 13.0. The van der Waals surface area contributed by atoms with Crippen LogP contribution in [0, 0.1) is 6.92 Å². The van der Waals surface area contributed by atoms with Crippen LogP contribution in [0.2, 0.25) is 0 Å². The van der Waals surface area contributed by atoms with E-state index in [-0.39, 0.29) is 11.9 Å². The Hall–Kier alpha value is -2.55. The molecule has 1 aromatic heterocycles. The average molecular weight is 349 g/mol. The van der Waals surface area contributed by atoms with Crippen LogP contribution in [0.15, 0.2) is 54.6 Å². The number of carbonyl (C=O) groups excluding carboxylic acids is 1. The van der Waals surface area contributed by atoms with Crippen molar-refractivity contribution in [2.24, 2.45) is 7.05 Å². The van der Waals surface area contributed by atoms with E-state index < -0.39 is 0 Å². The van der Waals surface area contributed by atoms with Gasteiger partial charge in [0, 0.05) is 23.6 Å². The number of benzene rings is 2. The number of unbranched alkanes of at least 4 members (excludes halogenated alkanes) is 1. The highest BCUT2D eigenvalue weighted by atomic mass is 16.5. The van der Waals surface area contributed by atoms with Crippen LogP contribution in [0.3, 0.4) is 0 Å². The Kier molecular flexibility index (Phi) is 5.77. The Morgan fingerprint density at radius 1 is 1.08 bits per heavy atom. The van der Waals surface area contributed by atoms with E-state index in [1.165, 1.54) is 5.39 Å². The fourth-order valence-electron chi connectivity index (χ4n) is 3.66. The number of carbonyl (C=O) groups is 1. The first-order chi connectivity index (χ1) is 12.6. The highest BCUT2D eigenvalue weighted by molar-refractivity contribution is 5.88. The third-order valence-electron chi connectivity index (χ3n) is 5.05. The van der Waals surface area contributed by atoms with Crippen molar-refractivity contribution in [1.82, 2.24) is 4.57 Å². The first kappa shape index (κ1) is 18.2. The molecular weight excluding hydrogens is 322 g/mol. The molecule has 26 heavy (non-hydrogen) atoms. The molecule has 1 heterocycles. The standard InChI is InChI=1S/C23H27NO2/c1-4-5-15-26-23(25)20(16-18-11-7-6-8-12-18)22-17(2)19-13-9-10-14-21(19)24(22)3/h6-14,20H,4-5,15-16H2,1-3H3. The summed E-state index contributed by atoms with van der Waals surface area (Å²) in [5.41, 5.74) is 4.52. The number of aryl methyl sites for hydroxylation is 2. The molecule has 0 amide bonds. The highest BCUT2D eigenvalue weighted by Crippen LogP contribution is 2.32. The van der Waals surface area contributed by atoms with E-state index in [0.717, 1.165) is 35.2 Å². The molecule has 0 saturated heterocycles. The van der Waals surface area contributed by atoms with E-state index in [1.807, 2.05) is 37.4 Å². The summed E-state index contributed by atoms with van der Waals surface area (Å²) in [6.45, 7) is 4.70. The van der Waals surface area contributed by atoms with Gasteiger partial charge in [-0.2, -0.15) is 0 Å². The SMILES string of the molecule is CCCCOC(=O)C(Cc1ccccc1)c1c(C)c2ccccc2n1C. The van der Waals surface area contributed by atoms with Crippen LogP contribution < -0.4 is 0 Å². The quantitative estimate of drug-likeness (QED) is 0.436. The molecule has 0 aliphatic heterocycles. The average Bonchev–Trinajstić information content (AvgIpc) is 2.92. The summed E-state index contributed by atoms with van der Waals surface area (Å²) in [5.74, 6) is -0.428. The molecule has 0 spiro atoms. The maximum Gasteiger partial charge on any atom is 0.315 e. The molecule has 0 bridgehead atoms. The predicted octanol–water partition coefficient (Wildman–Crippen LogP) is 5.16. The van der Waals surface area contributed by atoms with Crippen LogP contribution in [0.4, 0.5) is 0 Å². The Morgan fingerprint density at radius 2 is 1.77 bits per heavy atom. The molecule has 1 atom stereocenters. The Balaban J connectivity index is 2.01. The summed E-state index contributed by atoms with van der Waals surface area (Å²) in [6, 6.07) is 18.5. The Labute approximate surface area is 155 Å². The van der Waals surface area contributed by atoms with Crippen LogP contribution in [0.1, 0.15) is 42.5 Å². The molecule has 3 aromatic rings. The van der Waals surface area contributed by atoms with Crippen molar-refractivity contribution >= 4 is 16.9 Å². The number of hydrogen-bond acceptors (Lipinski definition) is 2. The van der Waals surface area contributed by atoms with Crippen LogP contribution in [-0.4, -0.2) is 17.1 Å².